The van der Waals surface area contributed by atoms with Crippen LogP contribution >= 0.6 is 15.9 Å². The Morgan fingerprint density at radius 3 is 2.67 bits per heavy atom. The predicted molar refractivity (Wildman–Crippen MR) is 63.9 cm³/mol. The van der Waals surface area contributed by atoms with Crippen LogP contribution in [0.1, 0.15) is 5.56 Å². The third kappa shape index (κ3) is 2.32. The van der Waals surface area contributed by atoms with Crippen LogP contribution in [0, 0.1) is 12.7 Å². The van der Waals surface area contributed by atoms with Crippen molar-refractivity contribution in [3.05, 3.63) is 28.0 Å². The van der Waals surface area contributed by atoms with Crippen molar-refractivity contribution in [2.75, 3.05) is 31.1 Å². The molecule has 82 valence electrons. The molecule has 0 radical (unpaired) electrons. The van der Waals surface area contributed by atoms with E-state index in [1.165, 1.54) is 0 Å². The molecule has 1 aliphatic rings. The number of hydrogen-bond acceptors (Lipinski definition) is 2. The molecular weight excluding hydrogens is 259 g/mol. The van der Waals surface area contributed by atoms with Crippen LogP contribution in [0.25, 0.3) is 0 Å². The van der Waals surface area contributed by atoms with E-state index in [0.717, 1.165) is 30.7 Å². The van der Waals surface area contributed by atoms with Gasteiger partial charge in [0.1, 0.15) is 5.82 Å². The van der Waals surface area contributed by atoms with E-state index in [0.29, 0.717) is 11.3 Å². The van der Waals surface area contributed by atoms with Gasteiger partial charge in [-0.25, -0.2) is 4.39 Å². The lowest BCUT2D eigenvalue weighted by Gasteiger charge is -2.30. The summed E-state index contributed by atoms with van der Waals surface area (Å²) in [5.74, 6) is -0.0971. The van der Waals surface area contributed by atoms with Gasteiger partial charge in [-0.05, 0) is 24.6 Å². The maximum atomic E-state index is 13.9. The van der Waals surface area contributed by atoms with Crippen molar-refractivity contribution in [1.82, 2.24) is 5.32 Å². The Bertz CT molecular complexity index is 362. The van der Waals surface area contributed by atoms with Crippen LogP contribution in [0.4, 0.5) is 10.1 Å². The number of halogens is 2. The van der Waals surface area contributed by atoms with Gasteiger partial charge < -0.3 is 10.2 Å². The smallest absolute Gasteiger partial charge is 0.149 e. The number of benzene rings is 1. The first-order valence-corrected chi connectivity index (χ1v) is 5.89. The average Bonchev–Trinajstić information content (AvgIpc) is 2.24. The number of nitrogens with zero attached hydrogens (tertiary/aromatic N) is 1. The highest BCUT2D eigenvalue weighted by Crippen LogP contribution is 2.27. The van der Waals surface area contributed by atoms with Gasteiger partial charge in [0, 0.05) is 30.7 Å². The van der Waals surface area contributed by atoms with Gasteiger partial charge in [-0.2, -0.15) is 0 Å². The van der Waals surface area contributed by atoms with E-state index in [1.807, 2.05) is 6.07 Å². The molecular formula is C11H14BrFN2. The lowest BCUT2D eigenvalue weighted by atomic mass is 10.2. The van der Waals surface area contributed by atoms with Gasteiger partial charge in [0.2, 0.25) is 0 Å². The first kappa shape index (κ1) is 10.9. The summed E-state index contributed by atoms with van der Waals surface area (Å²) in [6, 6.07) is 3.66. The minimum Gasteiger partial charge on any atom is -0.367 e. The van der Waals surface area contributed by atoms with E-state index >= 15 is 0 Å². The Morgan fingerprint density at radius 1 is 1.33 bits per heavy atom. The third-order valence-corrected chi connectivity index (χ3v) is 3.12. The van der Waals surface area contributed by atoms with E-state index < -0.39 is 0 Å². The number of aryl methyl sites for hydroxylation is 1. The van der Waals surface area contributed by atoms with Crippen LogP contribution in [0.15, 0.2) is 16.6 Å². The molecule has 1 heterocycles. The van der Waals surface area contributed by atoms with E-state index in [9.17, 15) is 4.39 Å². The molecule has 2 rings (SSSR count). The zero-order valence-electron chi connectivity index (χ0n) is 8.69. The van der Waals surface area contributed by atoms with E-state index in [1.54, 1.807) is 13.0 Å². The maximum absolute atomic E-state index is 13.9. The first-order chi connectivity index (χ1) is 7.18. The zero-order chi connectivity index (χ0) is 10.8. The Hall–Kier alpha value is -0.610. The molecule has 0 saturated carbocycles. The molecule has 1 aliphatic heterocycles. The van der Waals surface area contributed by atoms with Crippen molar-refractivity contribution in [1.29, 1.82) is 0 Å². The van der Waals surface area contributed by atoms with E-state index in [2.05, 4.69) is 26.1 Å². The molecule has 1 N–H and O–H groups in total. The van der Waals surface area contributed by atoms with Gasteiger partial charge in [-0.3, -0.25) is 0 Å². The Balaban J connectivity index is 2.33. The molecule has 0 aromatic heterocycles. The first-order valence-electron chi connectivity index (χ1n) is 5.10. The second kappa shape index (κ2) is 4.49. The van der Waals surface area contributed by atoms with Crippen LogP contribution in [0.5, 0.6) is 0 Å². The Labute approximate surface area is 97.6 Å². The van der Waals surface area contributed by atoms with Crippen molar-refractivity contribution in [2.45, 2.75) is 6.92 Å². The highest BCUT2D eigenvalue weighted by Gasteiger charge is 2.16. The molecule has 0 atom stereocenters. The van der Waals surface area contributed by atoms with Crippen molar-refractivity contribution >= 4 is 21.6 Å². The minimum atomic E-state index is -0.0971. The van der Waals surface area contributed by atoms with Crippen molar-refractivity contribution in [3.63, 3.8) is 0 Å². The number of rotatable bonds is 1. The van der Waals surface area contributed by atoms with Gasteiger partial charge in [-0.15, -0.1) is 0 Å². The summed E-state index contributed by atoms with van der Waals surface area (Å²) >= 11 is 3.40. The SMILES string of the molecule is Cc1cc(Br)cc(N2CCNCC2)c1F. The molecule has 1 aromatic rings. The fraction of sp³-hybridized carbons (Fsp3) is 0.455. The largest absolute Gasteiger partial charge is 0.367 e. The van der Waals surface area contributed by atoms with Crippen LogP contribution in [0.2, 0.25) is 0 Å². The molecule has 1 saturated heterocycles. The number of hydrogen-bond donors (Lipinski definition) is 1. The summed E-state index contributed by atoms with van der Waals surface area (Å²) in [5.41, 5.74) is 1.40. The standard InChI is InChI=1S/C11H14BrFN2/c1-8-6-9(12)7-10(11(8)13)15-4-2-14-3-5-15/h6-7,14H,2-5H2,1H3. The monoisotopic (exact) mass is 272 g/mol. The number of piperazine rings is 1. The van der Waals surface area contributed by atoms with E-state index in [-0.39, 0.29) is 5.82 Å². The zero-order valence-corrected chi connectivity index (χ0v) is 10.3. The van der Waals surface area contributed by atoms with Gasteiger partial charge >= 0.3 is 0 Å². The molecule has 1 aromatic carbocycles. The lowest BCUT2D eigenvalue weighted by molar-refractivity contribution is 0.563. The van der Waals surface area contributed by atoms with Crippen LogP contribution < -0.4 is 10.2 Å². The van der Waals surface area contributed by atoms with Crippen molar-refractivity contribution in [3.8, 4) is 0 Å². The van der Waals surface area contributed by atoms with Crippen molar-refractivity contribution < 1.29 is 4.39 Å². The quantitative estimate of drug-likeness (QED) is 0.844. The third-order valence-electron chi connectivity index (χ3n) is 2.66. The summed E-state index contributed by atoms with van der Waals surface area (Å²) in [6.07, 6.45) is 0. The highest BCUT2D eigenvalue weighted by molar-refractivity contribution is 9.10. The lowest BCUT2D eigenvalue weighted by Crippen LogP contribution is -2.43. The topological polar surface area (TPSA) is 15.3 Å². The summed E-state index contributed by atoms with van der Waals surface area (Å²) in [6.45, 7) is 5.38. The molecule has 0 spiro atoms. The molecule has 0 amide bonds. The maximum Gasteiger partial charge on any atom is 0.149 e. The highest BCUT2D eigenvalue weighted by atomic mass is 79.9. The second-order valence-corrected chi connectivity index (χ2v) is 4.71. The Morgan fingerprint density at radius 2 is 2.00 bits per heavy atom. The fourth-order valence-electron chi connectivity index (χ4n) is 1.84. The summed E-state index contributed by atoms with van der Waals surface area (Å²) < 4.78 is 14.8. The minimum absolute atomic E-state index is 0.0971. The second-order valence-electron chi connectivity index (χ2n) is 3.79. The van der Waals surface area contributed by atoms with Crippen LogP contribution in [0.3, 0.4) is 0 Å². The molecule has 0 unspecified atom stereocenters. The molecule has 0 bridgehead atoms. The number of anilines is 1. The van der Waals surface area contributed by atoms with Gasteiger partial charge in [0.05, 0.1) is 5.69 Å². The fourth-order valence-corrected chi connectivity index (χ4v) is 2.40. The number of nitrogens with one attached hydrogen (secondary N) is 1. The van der Waals surface area contributed by atoms with E-state index in [4.69, 9.17) is 0 Å². The van der Waals surface area contributed by atoms with Gasteiger partial charge in [0.25, 0.3) is 0 Å². The normalized spacial score (nSPS) is 16.9. The molecule has 0 aliphatic carbocycles. The average molecular weight is 273 g/mol. The van der Waals surface area contributed by atoms with Crippen LogP contribution in [-0.2, 0) is 0 Å². The van der Waals surface area contributed by atoms with Gasteiger partial charge in [-0.1, -0.05) is 15.9 Å². The van der Waals surface area contributed by atoms with Crippen LogP contribution in [-0.4, -0.2) is 26.2 Å². The predicted octanol–water partition coefficient (Wildman–Crippen LogP) is 2.31. The van der Waals surface area contributed by atoms with Crippen molar-refractivity contribution in [2.24, 2.45) is 0 Å². The molecule has 15 heavy (non-hydrogen) atoms. The summed E-state index contributed by atoms with van der Waals surface area (Å²) in [5, 5.41) is 3.26. The molecule has 4 heteroatoms. The van der Waals surface area contributed by atoms with Gasteiger partial charge in [0.15, 0.2) is 0 Å². The Kier molecular flexibility index (Phi) is 3.26. The molecule has 1 fully saturated rings. The summed E-state index contributed by atoms with van der Waals surface area (Å²) in [4.78, 5) is 2.09. The summed E-state index contributed by atoms with van der Waals surface area (Å²) in [7, 11) is 0. The molecule has 2 nitrogen and oxygen atoms in total.